The van der Waals surface area contributed by atoms with Gasteiger partial charge in [0.1, 0.15) is 0 Å². The maximum Gasteiger partial charge on any atom is 0.153 e. The molecule has 0 atom stereocenters. The van der Waals surface area contributed by atoms with Crippen LogP contribution in [0.5, 0.6) is 0 Å². The van der Waals surface area contributed by atoms with Crippen LogP contribution in [-0.4, -0.2) is 56.5 Å². The Morgan fingerprint density at radius 2 is 1.79 bits per heavy atom. The van der Waals surface area contributed by atoms with Crippen molar-refractivity contribution in [3.8, 4) is 0 Å². The lowest BCUT2D eigenvalue weighted by Gasteiger charge is -2.30. The zero-order chi connectivity index (χ0) is 13.9. The zero-order valence-electron chi connectivity index (χ0n) is 12.3. The van der Waals surface area contributed by atoms with Crippen LogP contribution in [0.15, 0.2) is 0 Å². The predicted molar refractivity (Wildman–Crippen MR) is 79.1 cm³/mol. The number of sulfone groups is 1. The number of hydrogen-bond acceptors (Lipinski definition) is 4. The van der Waals surface area contributed by atoms with Crippen LogP contribution in [0.2, 0.25) is 0 Å². The molecule has 1 saturated carbocycles. The van der Waals surface area contributed by atoms with E-state index in [4.69, 9.17) is 0 Å². The highest BCUT2D eigenvalue weighted by Crippen LogP contribution is 2.28. The van der Waals surface area contributed by atoms with Gasteiger partial charge in [0, 0.05) is 19.1 Å². The minimum Gasteiger partial charge on any atom is -0.317 e. The molecule has 0 spiro atoms. The Hall–Kier alpha value is -0.130. The second-order valence-electron chi connectivity index (χ2n) is 6.34. The van der Waals surface area contributed by atoms with E-state index in [1.54, 1.807) is 13.8 Å². The smallest absolute Gasteiger partial charge is 0.153 e. The number of rotatable bonds is 7. The fraction of sp³-hybridized carbons (Fsp3) is 1.00. The van der Waals surface area contributed by atoms with Gasteiger partial charge < -0.3 is 5.32 Å². The van der Waals surface area contributed by atoms with E-state index < -0.39 is 9.84 Å². The Balaban J connectivity index is 1.82. The lowest BCUT2D eigenvalue weighted by molar-refractivity contribution is 0.206. The molecule has 1 aliphatic heterocycles. The lowest BCUT2D eigenvalue weighted by Crippen LogP contribution is -2.40. The van der Waals surface area contributed by atoms with Crippen molar-refractivity contribution < 1.29 is 8.42 Å². The first-order valence-electron chi connectivity index (χ1n) is 7.65. The minimum absolute atomic E-state index is 0.243. The summed E-state index contributed by atoms with van der Waals surface area (Å²) in [5.74, 6) is 1.08. The summed E-state index contributed by atoms with van der Waals surface area (Å²) in [6, 6.07) is 0.664. The number of nitrogens with one attached hydrogen (secondary N) is 1. The summed E-state index contributed by atoms with van der Waals surface area (Å²) < 4.78 is 23.9. The van der Waals surface area contributed by atoms with Crippen molar-refractivity contribution in [2.45, 2.75) is 50.8 Å². The summed E-state index contributed by atoms with van der Waals surface area (Å²) in [6.07, 6.45) is 4.99. The zero-order valence-corrected chi connectivity index (χ0v) is 13.1. The molecule has 1 aliphatic carbocycles. The molecule has 4 nitrogen and oxygen atoms in total. The molecule has 2 aliphatic rings. The summed E-state index contributed by atoms with van der Waals surface area (Å²) in [4.78, 5) is 2.44. The molecule has 1 N–H and O–H groups in total. The molecular weight excluding hydrogens is 260 g/mol. The van der Waals surface area contributed by atoms with Gasteiger partial charge in [-0.15, -0.1) is 0 Å². The van der Waals surface area contributed by atoms with Crippen LogP contribution >= 0.6 is 0 Å². The number of nitrogens with zero attached hydrogens (tertiary/aromatic N) is 1. The maximum absolute atomic E-state index is 11.9. The fourth-order valence-electron chi connectivity index (χ4n) is 2.74. The van der Waals surface area contributed by atoms with Crippen molar-refractivity contribution in [3.05, 3.63) is 0 Å². The third-order valence-corrected chi connectivity index (χ3v) is 6.58. The molecule has 19 heavy (non-hydrogen) atoms. The third kappa shape index (κ3) is 4.72. The molecule has 1 heterocycles. The van der Waals surface area contributed by atoms with Crippen LogP contribution in [0.3, 0.4) is 0 Å². The minimum atomic E-state index is -2.89. The SMILES string of the molecule is CC(C)S(=O)(=O)CCN(CC1CCNCC1)C1CC1. The third-order valence-electron chi connectivity index (χ3n) is 4.40. The van der Waals surface area contributed by atoms with Crippen LogP contribution < -0.4 is 5.32 Å². The van der Waals surface area contributed by atoms with Crippen molar-refractivity contribution in [2.24, 2.45) is 5.92 Å². The molecule has 0 aromatic rings. The Morgan fingerprint density at radius 3 is 2.32 bits per heavy atom. The molecule has 0 aromatic carbocycles. The van der Waals surface area contributed by atoms with Crippen molar-refractivity contribution >= 4 is 9.84 Å². The van der Waals surface area contributed by atoms with E-state index in [0.717, 1.165) is 32.1 Å². The average Bonchev–Trinajstić information content (AvgIpc) is 3.20. The first-order chi connectivity index (χ1) is 8.99. The van der Waals surface area contributed by atoms with Gasteiger partial charge in [-0.3, -0.25) is 4.90 Å². The largest absolute Gasteiger partial charge is 0.317 e. The summed E-state index contributed by atoms with van der Waals surface area (Å²) in [7, 11) is -2.89. The highest BCUT2D eigenvalue weighted by molar-refractivity contribution is 7.92. The van der Waals surface area contributed by atoms with Crippen molar-refractivity contribution in [1.82, 2.24) is 10.2 Å². The maximum atomic E-state index is 11.9. The Morgan fingerprint density at radius 1 is 1.16 bits per heavy atom. The van der Waals surface area contributed by atoms with Gasteiger partial charge in [0.15, 0.2) is 9.84 Å². The van der Waals surface area contributed by atoms with E-state index in [1.807, 2.05) is 0 Å². The van der Waals surface area contributed by atoms with E-state index in [2.05, 4.69) is 10.2 Å². The average molecular weight is 288 g/mol. The second-order valence-corrected chi connectivity index (χ2v) is 9.01. The number of hydrogen-bond donors (Lipinski definition) is 1. The summed E-state index contributed by atoms with van der Waals surface area (Å²) in [6.45, 7) is 7.63. The predicted octanol–water partition coefficient (Wildman–Crippen LogP) is 1.27. The van der Waals surface area contributed by atoms with Gasteiger partial charge in [0.25, 0.3) is 0 Å². The summed E-state index contributed by atoms with van der Waals surface area (Å²) in [5.41, 5.74) is 0. The van der Waals surface area contributed by atoms with Crippen LogP contribution in [-0.2, 0) is 9.84 Å². The number of piperidine rings is 1. The van der Waals surface area contributed by atoms with Crippen molar-refractivity contribution in [3.63, 3.8) is 0 Å². The monoisotopic (exact) mass is 288 g/mol. The molecular formula is C14H28N2O2S. The van der Waals surface area contributed by atoms with Gasteiger partial charge in [0.2, 0.25) is 0 Å². The fourth-order valence-corrected chi connectivity index (χ4v) is 3.70. The molecule has 0 aromatic heterocycles. The summed E-state index contributed by atoms with van der Waals surface area (Å²) in [5, 5.41) is 3.15. The Labute approximate surface area is 117 Å². The molecule has 0 radical (unpaired) electrons. The first kappa shape index (κ1) is 15.3. The molecule has 2 rings (SSSR count). The molecule has 5 heteroatoms. The van der Waals surface area contributed by atoms with E-state index in [1.165, 1.54) is 25.7 Å². The van der Waals surface area contributed by atoms with Gasteiger partial charge >= 0.3 is 0 Å². The van der Waals surface area contributed by atoms with Crippen LogP contribution in [0.25, 0.3) is 0 Å². The quantitative estimate of drug-likeness (QED) is 0.766. The highest BCUT2D eigenvalue weighted by Gasteiger charge is 2.31. The van der Waals surface area contributed by atoms with Gasteiger partial charge in [-0.25, -0.2) is 8.42 Å². The van der Waals surface area contributed by atoms with Crippen LogP contribution in [0.1, 0.15) is 39.5 Å². The van der Waals surface area contributed by atoms with E-state index >= 15 is 0 Å². The molecule has 2 fully saturated rings. The molecule has 0 amide bonds. The van der Waals surface area contributed by atoms with E-state index in [-0.39, 0.29) is 5.25 Å². The van der Waals surface area contributed by atoms with Gasteiger partial charge in [-0.2, -0.15) is 0 Å². The van der Waals surface area contributed by atoms with Crippen LogP contribution in [0.4, 0.5) is 0 Å². The second kappa shape index (κ2) is 6.55. The molecule has 112 valence electrons. The van der Waals surface area contributed by atoms with Gasteiger partial charge in [-0.1, -0.05) is 0 Å². The van der Waals surface area contributed by atoms with Gasteiger partial charge in [-0.05, 0) is 58.5 Å². The van der Waals surface area contributed by atoms with Gasteiger partial charge in [0.05, 0.1) is 11.0 Å². The highest BCUT2D eigenvalue weighted by atomic mass is 32.2. The van der Waals surface area contributed by atoms with Crippen molar-refractivity contribution in [1.29, 1.82) is 0 Å². The molecule has 1 saturated heterocycles. The lowest BCUT2D eigenvalue weighted by atomic mass is 9.97. The summed E-state index contributed by atoms with van der Waals surface area (Å²) >= 11 is 0. The molecule has 0 unspecified atom stereocenters. The Bertz CT molecular complexity index is 371. The van der Waals surface area contributed by atoms with E-state index in [9.17, 15) is 8.42 Å². The Kier molecular flexibility index (Phi) is 5.26. The molecule has 0 bridgehead atoms. The standard InChI is InChI=1S/C14H28N2O2S/c1-12(2)19(17,18)10-9-16(14-3-4-14)11-13-5-7-15-8-6-13/h12-15H,3-11H2,1-2H3. The van der Waals surface area contributed by atoms with Crippen LogP contribution in [0, 0.1) is 5.92 Å². The first-order valence-corrected chi connectivity index (χ1v) is 9.37. The topological polar surface area (TPSA) is 49.4 Å². The van der Waals surface area contributed by atoms with Crippen molar-refractivity contribution in [2.75, 3.05) is 31.9 Å². The normalized spacial score (nSPS) is 22.3. The van der Waals surface area contributed by atoms with E-state index in [0.29, 0.717) is 11.8 Å².